The molecule has 18 aromatic carbocycles. The van der Waals surface area contributed by atoms with Gasteiger partial charge in [0.15, 0.2) is 0 Å². The Labute approximate surface area is 850 Å². The third kappa shape index (κ3) is 13.4. The van der Waals surface area contributed by atoms with Crippen molar-refractivity contribution in [3.8, 4) is 66.8 Å². The van der Waals surface area contributed by atoms with Gasteiger partial charge in [-0.05, 0) is 418 Å². The summed E-state index contributed by atoms with van der Waals surface area (Å²) in [6, 6.07) is 158. The molecule has 0 N–H and O–H groups in total. The molecule has 12 saturated carbocycles. The topological polar surface area (TPSA) is 9.72 Å². The molecule has 15 aliphatic rings. The number of fused-ring (bicyclic) bond motifs is 16. The molecule has 0 aliphatic heterocycles. The lowest BCUT2D eigenvalue weighted by Crippen LogP contribution is -2.55. The van der Waals surface area contributed by atoms with Gasteiger partial charge >= 0.3 is 0 Å². The molecule has 0 radical (unpaired) electrons. The second-order valence-electron chi connectivity index (χ2n) is 44.1. The Morgan fingerprint density at radius 3 is 0.895 bits per heavy atom. The molecule has 3 spiro atoms. The predicted molar refractivity (Wildman–Crippen MR) is 606 cm³/mol. The molecule has 143 heavy (non-hydrogen) atoms. The molecule has 5 heteroatoms. The van der Waals surface area contributed by atoms with Gasteiger partial charge in [-0.15, -0.1) is 22.7 Å². The van der Waals surface area contributed by atoms with Gasteiger partial charge in [0.05, 0.1) is 0 Å². The van der Waals surface area contributed by atoms with Crippen LogP contribution in [0.15, 0.2) is 419 Å². The standard InChI is InChI=1S/2C46H37NS.C44H37N.2CH4/c1-2-8-35(9-3-1)47(36-17-14-31(15-18-36)32-16-21-45-41(27-32)39-11-5-7-13-44(39)48-45)37-19-20-43-40(28-37)38-10-4-6-12-42(38)46(43)33-23-29-22-30(25-33)26-34(46)24-29;1-2-8-35(9-3-1)47(36-17-14-31(15-18-36)32-16-20-40-39-11-5-7-13-44(39)48-45(40)27-32)37-19-21-43-41(28-37)38-10-4-6-12-42(38)46(43)33-23-29-22-30(25-33)26-34(46)24-29;1-2-13-35(14-3-1)45(36-15-8-12-32(27-36)39-18-9-11-31-10-4-5-16-38(31)39)37-20-21-43-41(28-37)40-17-6-7-19-42(40)44(43)33-23-29-22-30(25-33)26-34(44)24-29;;/h2*1-21,27-30,33-34H,22-26H2;1-21,27-30,33-34H,22-26H2;2*1H4. The van der Waals surface area contributed by atoms with Gasteiger partial charge in [-0.1, -0.05) is 294 Å². The number of benzene rings is 18. The summed E-state index contributed by atoms with van der Waals surface area (Å²) in [7, 11) is 0. The van der Waals surface area contributed by atoms with Gasteiger partial charge in [0.1, 0.15) is 0 Å². The van der Waals surface area contributed by atoms with E-state index in [9.17, 15) is 0 Å². The predicted octanol–water partition coefficient (Wildman–Crippen LogP) is 38.8. The van der Waals surface area contributed by atoms with Crippen LogP contribution in [0, 0.1) is 71.0 Å². The fraction of sp³-hybridized carbons (Fsp3) is 0.232. The van der Waals surface area contributed by atoms with E-state index >= 15 is 0 Å². The molecule has 15 aliphatic carbocycles. The smallest absolute Gasteiger partial charge is 0.0468 e. The van der Waals surface area contributed by atoms with Crippen LogP contribution in [0.25, 0.3) is 118 Å². The molecule has 698 valence electrons. The second-order valence-corrected chi connectivity index (χ2v) is 46.3. The van der Waals surface area contributed by atoms with E-state index in [0.29, 0.717) is 0 Å². The Hall–Kier alpha value is -13.9. The average Bonchev–Trinajstić information content (AvgIpc) is 1.53. The van der Waals surface area contributed by atoms with Gasteiger partial charge in [-0.25, -0.2) is 0 Å². The van der Waals surface area contributed by atoms with Gasteiger partial charge in [0.25, 0.3) is 0 Å². The number of hydrogen-bond acceptors (Lipinski definition) is 5. The van der Waals surface area contributed by atoms with Crippen LogP contribution in [0.5, 0.6) is 0 Å². The van der Waals surface area contributed by atoms with Crippen molar-refractivity contribution in [2.24, 2.45) is 71.0 Å². The van der Waals surface area contributed by atoms with Crippen molar-refractivity contribution in [3.05, 3.63) is 452 Å². The fourth-order valence-corrected chi connectivity index (χ4v) is 34.9. The van der Waals surface area contributed by atoms with Gasteiger partial charge in [-0.2, -0.15) is 0 Å². The highest BCUT2D eigenvalue weighted by molar-refractivity contribution is 7.26. The molecule has 2 aromatic heterocycles. The van der Waals surface area contributed by atoms with Crippen molar-refractivity contribution in [3.63, 3.8) is 0 Å². The maximum absolute atomic E-state index is 2.54. The van der Waals surface area contributed by atoms with E-state index in [0.717, 1.165) is 71.0 Å². The summed E-state index contributed by atoms with van der Waals surface area (Å²) in [5, 5.41) is 7.96. The first-order valence-corrected chi connectivity index (χ1v) is 54.3. The van der Waals surface area contributed by atoms with Gasteiger partial charge in [-0.3, -0.25) is 0 Å². The minimum absolute atomic E-state index is 0. The molecule has 12 fully saturated rings. The molecule has 0 unspecified atom stereocenters. The first-order chi connectivity index (χ1) is 69.7. The molecule has 35 rings (SSSR count). The first-order valence-electron chi connectivity index (χ1n) is 52.7. The van der Waals surface area contributed by atoms with Crippen LogP contribution in [-0.4, -0.2) is 0 Å². The summed E-state index contributed by atoms with van der Waals surface area (Å²) < 4.78 is 5.40. The average molecular weight is 1880 g/mol. The minimum atomic E-state index is 0. The van der Waals surface area contributed by atoms with Crippen molar-refractivity contribution in [2.75, 3.05) is 14.7 Å². The van der Waals surface area contributed by atoms with E-state index in [1.165, 1.54) is 265 Å². The van der Waals surface area contributed by atoms with E-state index in [4.69, 9.17) is 0 Å². The van der Waals surface area contributed by atoms with Gasteiger partial charge < -0.3 is 14.7 Å². The number of nitrogens with zero attached hydrogens (tertiary/aromatic N) is 3. The molecule has 0 atom stereocenters. The van der Waals surface area contributed by atoms with Crippen molar-refractivity contribution in [1.29, 1.82) is 0 Å². The van der Waals surface area contributed by atoms with Gasteiger partial charge in [0, 0.05) is 108 Å². The number of rotatable bonds is 12. The maximum atomic E-state index is 2.54. The highest BCUT2D eigenvalue weighted by Crippen LogP contribution is 2.74. The van der Waals surface area contributed by atoms with E-state index in [1.807, 2.05) is 22.7 Å². The van der Waals surface area contributed by atoms with E-state index in [2.05, 4.69) is 433 Å². The van der Waals surface area contributed by atoms with Crippen LogP contribution in [0.1, 0.15) is 145 Å². The quantitative estimate of drug-likeness (QED) is 0.121. The highest BCUT2D eigenvalue weighted by atomic mass is 32.1. The minimum Gasteiger partial charge on any atom is -0.310 e. The van der Waals surface area contributed by atoms with Crippen LogP contribution in [0.4, 0.5) is 51.2 Å². The fourth-order valence-electron chi connectivity index (χ4n) is 32.6. The summed E-state index contributed by atoms with van der Waals surface area (Å²) in [6.07, 6.45) is 21.5. The zero-order valence-electron chi connectivity index (χ0n) is 79.5. The van der Waals surface area contributed by atoms with Crippen molar-refractivity contribution in [1.82, 2.24) is 0 Å². The lowest BCUT2D eigenvalue weighted by molar-refractivity contribution is -0.0399. The summed E-state index contributed by atoms with van der Waals surface area (Å²) in [5.41, 5.74) is 37.4. The van der Waals surface area contributed by atoms with Crippen LogP contribution in [-0.2, 0) is 16.2 Å². The van der Waals surface area contributed by atoms with E-state index in [1.54, 1.807) is 33.4 Å². The number of para-hydroxylation sites is 3. The largest absolute Gasteiger partial charge is 0.310 e. The van der Waals surface area contributed by atoms with Crippen molar-refractivity contribution < 1.29 is 0 Å². The van der Waals surface area contributed by atoms with Crippen LogP contribution >= 0.6 is 22.7 Å². The molecular formula is C138H119N3S2. The number of anilines is 9. The summed E-state index contributed by atoms with van der Waals surface area (Å²) in [4.78, 5) is 7.35. The van der Waals surface area contributed by atoms with Gasteiger partial charge in [0.2, 0.25) is 0 Å². The van der Waals surface area contributed by atoms with E-state index in [-0.39, 0.29) is 31.1 Å². The molecule has 3 nitrogen and oxygen atoms in total. The van der Waals surface area contributed by atoms with Crippen LogP contribution < -0.4 is 14.7 Å². The first kappa shape index (κ1) is 86.9. The Kier molecular flexibility index (Phi) is 20.8. The zero-order chi connectivity index (χ0) is 92.3. The van der Waals surface area contributed by atoms with E-state index < -0.39 is 0 Å². The van der Waals surface area contributed by atoms with Crippen molar-refractivity contribution in [2.45, 2.75) is 127 Å². The Morgan fingerprint density at radius 2 is 0.455 bits per heavy atom. The lowest BCUT2D eigenvalue weighted by atomic mass is 9.43. The Balaban J connectivity index is 0.000000104. The van der Waals surface area contributed by atoms with Crippen molar-refractivity contribution >= 4 is 125 Å². The third-order valence-electron chi connectivity index (χ3n) is 37.3. The molecule has 2 heterocycles. The molecule has 12 bridgehead atoms. The summed E-state index contributed by atoms with van der Waals surface area (Å²) in [6.45, 7) is 0. The number of thiophene rings is 2. The van der Waals surface area contributed by atoms with Crippen LogP contribution in [0.2, 0.25) is 0 Å². The SMILES string of the molecule is C.C.c1ccc(N(c2ccc(-c3ccc4c(c3)sc3ccccc34)cc2)c2ccc3c(c2)-c2ccccc2C32C3CC4CC(C3)CC2C4)cc1.c1ccc(N(c2ccc(-c3ccc4sc5ccccc5c4c3)cc2)c2ccc3c(c2)-c2ccccc2C32C3CC4CC(C3)CC2C4)cc1.c1ccc(N(c2cccc(-c3cccc4ccccc34)c2)c2ccc3c(c2)-c2ccccc2C32C3CC4CC(C3)CC2C4)cc1. The maximum Gasteiger partial charge on any atom is 0.0468 e. The second kappa shape index (κ2) is 34.1. The highest BCUT2D eigenvalue weighted by Gasteiger charge is 2.65. The Bertz CT molecular complexity index is 8270. The molecule has 20 aromatic rings. The summed E-state index contributed by atoms with van der Waals surface area (Å²) in [5.74, 6) is 10.4. The molecule has 0 amide bonds. The number of hydrogen-bond donors (Lipinski definition) is 0. The molecule has 0 saturated heterocycles. The zero-order valence-corrected chi connectivity index (χ0v) is 81.2. The monoisotopic (exact) mass is 1880 g/mol. The summed E-state index contributed by atoms with van der Waals surface area (Å²) >= 11 is 3.76. The Morgan fingerprint density at radius 1 is 0.168 bits per heavy atom. The normalized spacial score (nSPS) is 24.6. The lowest BCUT2D eigenvalue weighted by Gasteiger charge is -2.61. The van der Waals surface area contributed by atoms with Crippen LogP contribution in [0.3, 0.4) is 0 Å². The molecular weight excluding hydrogens is 1760 g/mol. The third-order valence-corrected chi connectivity index (χ3v) is 39.6.